The van der Waals surface area contributed by atoms with Gasteiger partial charge >= 0.3 is 0 Å². The van der Waals surface area contributed by atoms with Gasteiger partial charge in [0.1, 0.15) is 0 Å². The minimum absolute atomic E-state index is 0.149. The Morgan fingerprint density at radius 3 is 2.53 bits per heavy atom. The number of carbonyl (C=O) groups excluding carboxylic acids is 2. The van der Waals surface area contributed by atoms with Crippen LogP contribution in [0, 0.1) is 0 Å². The molecular formula is C22H27BrN4O2S. The Morgan fingerprint density at radius 2 is 1.80 bits per heavy atom. The molecule has 1 atom stereocenters. The van der Waals surface area contributed by atoms with E-state index in [0.717, 1.165) is 55.5 Å². The van der Waals surface area contributed by atoms with E-state index in [4.69, 9.17) is 0 Å². The third kappa shape index (κ3) is 5.28. The summed E-state index contributed by atoms with van der Waals surface area (Å²) in [6, 6.07) is 7.40. The second kappa shape index (κ2) is 10.0. The maximum absolute atomic E-state index is 12.8. The molecule has 0 spiro atoms. The molecule has 1 N–H and O–H groups in total. The van der Waals surface area contributed by atoms with Crippen LogP contribution in [-0.2, 0) is 4.79 Å². The molecule has 0 unspecified atom stereocenters. The molecule has 2 saturated heterocycles. The predicted octanol–water partition coefficient (Wildman–Crippen LogP) is 4.70. The number of rotatable bonds is 5. The lowest BCUT2D eigenvalue weighted by Gasteiger charge is -2.27. The van der Waals surface area contributed by atoms with Crippen LogP contribution in [0.15, 0.2) is 34.1 Å². The number of benzene rings is 1. The summed E-state index contributed by atoms with van der Waals surface area (Å²) >= 11 is 4.82. The van der Waals surface area contributed by atoms with Crippen LogP contribution in [0.3, 0.4) is 0 Å². The largest absolute Gasteiger partial charge is 0.342 e. The van der Waals surface area contributed by atoms with Gasteiger partial charge in [-0.05, 0) is 56.5 Å². The molecule has 30 heavy (non-hydrogen) atoms. The van der Waals surface area contributed by atoms with Crippen molar-refractivity contribution in [1.29, 1.82) is 0 Å². The van der Waals surface area contributed by atoms with Gasteiger partial charge in [0.15, 0.2) is 5.13 Å². The van der Waals surface area contributed by atoms with Gasteiger partial charge in [-0.15, -0.1) is 11.3 Å². The normalized spacial score (nSPS) is 20.2. The van der Waals surface area contributed by atoms with Crippen LogP contribution in [0.2, 0.25) is 0 Å². The fourth-order valence-electron chi connectivity index (χ4n) is 4.21. The van der Waals surface area contributed by atoms with Crippen LogP contribution in [0.25, 0.3) is 0 Å². The van der Waals surface area contributed by atoms with Gasteiger partial charge in [0.05, 0.1) is 18.3 Å². The minimum atomic E-state index is -0.164. The van der Waals surface area contributed by atoms with E-state index in [1.165, 1.54) is 24.2 Å². The summed E-state index contributed by atoms with van der Waals surface area (Å²) in [5, 5.41) is 5.51. The maximum Gasteiger partial charge on any atom is 0.257 e. The van der Waals surface area contributed by atoms with Crippen LogP contribution >= 0.6 is 27.3 Å². The van der Waals surface area contributed by atoms with Gasteiger partial charge in [-0.3, -0.25) is 19.8 Å². The first kappa shape index (κ1) is 21.5. The van der Waals surface area contributed by atoms with Gasteiger partial charge in [-0.25, -0.2) is 4.98 Å². The number of anilines is 1. The molecule has 1 aromatic carbocycles. The fraction of sp³-hybridized carbons (Fsp3) is 0.500. The van der Waals surface area contributed by atoms with Gasteiger partial charge in [0, 0.05) is 28.5 Å². The molecule has 0 radical (unpaired) electrons. The van der Waals surface area contributed by atoms with Crippen LogP contribution in [-0.4, -0.2) is 52.8 Å². The molecule has 2 aliphatic heterocycles. The molecule has 6 nitrogen and oxygen atoms in total. The summed E-state index contributed by atoms with van der Waals surface area (Å²) in [6.07, 6.45) is 6.74. The molecular weight excluding hydrogens is 464 g/mol. The van der Waals surface area contributed by atoms with E-state index in [-0.39, 0.29) is 17.9 Å². The number of hydrogen-bond donors (Lipinski definition) is 1. The molecule has 1 aromatic heterocycles. The SMILES string of the molecule is O=C(Nc1nc([C@@H]2CCCN2CC(=O)N2CCCCCC2)cs1)c1ccc(Br)cc1. The Labute approximate surface area is 189 Å². The van der Waals surface area contributed by atoms with Gasteiger partial charge in [-0.1, -0.05) is 28.8 Å². The fourth-order valence-corrected chi connectivity index (χ4v) is 5.23. The first-order valence-corrected chi connectivity index (χ1v) is 12.3. The molecule has 8 heteroatoms. The number of likely N-dealkylation sites (tertiary alicyclic amines) is 2. The van der Waals surface area contributed by atoms with Crippen LogP contribution in [0.4, 0.5) is 5.13 Å². The van der Waals surface area contributed by atoms with Crippen molar-refractivity contribution < 1.29 is 9.59 Å². The molecule has 160 valence electrons. The van der Waals surface area contributed by atoms with Crippen molar-refractivity contribution in [3.63, 3.8) is 0 Å². The molecule has 0 bridgehead atoms. The average molecular weight is 491 g/mol. The summed E-state index contributed by atoms with van der Waals surface area (Å²) in [6.45, 7) is 3.16. The van der Waals surface area contributed by atoms with Crippen molar-refractivity contribution in [2.75, 3.05) is 31.5 Å². The highest BCUT2D eigenvalue weighted by Gasteiger charge is 2.31. The minimum Gasteiger partial charge on any atom is -0.342 e. The van der Waals surface area contributed by atoms with Crippen LogP contribution < -0.4 is 5.32 Å². The molecule has 0 aliphatic carbocycles. The topological polar surface area (TPSA) is 65.5 Å². The second-order valence-corrected chi connectivity index (χ2v) is 9.74. The maximum atomic E-state index is 12.8. The number of hydrogen-bond acceptors (Lipinski definition) is 5. The Kier molecular flexibility index (Phi) is 7.17. The highest BCUT2D eigenvalue weighted by atomic mass is 79.9. The quantitative estimate of drug-likeness (QED) is 0.659. The number of amides is 2. The molecule has 2 aliphatic rings. The predicted molar refractivity (Wildman–Crippen MR) is 123 cm³/mol. The zero-order valence-corrected chi connectivity index (χ0v) is 19.4. The average Bonchev–Trinajstić information content (AvgIpc) is 3.29. The van der Waals surface area contributed by atoms with Gasteiger partial charge < -0.3 is 4.90 Å². The summed E-state index contributed by atoms with van der Waals surface area (Å²) in [5.41, 5.74) is 1.55. The summed E-state index contributed by atoms with van der Waals surface area (Å²) in [4.78, 5) is 34.2. The van der Waals surface area contributed by atoms with Crippen molar-refractivity contribution in [3.8, 4) is 0 Å². The number of halogens is 1. The number of thiazole rings is 1. The summed E-state index contributed by atoms with van der Waals surface area (Å²) in [7, 11) is 0. The van der Waals surface area contributed by atoms with E-state index < -0.39 is 0 Å². The molecule has 2 fully saturated rings. The Morgan fingerprint density at radius 1 is 1.07 bits per heavy atom. The summed E-state index contributed by atoms with van der Waals surface area (Å²) < 4.78 is 0.937. The Balaban J connectivity index is 1.37. The monoisotopic (exact) mass is 490 g/mol. The van der Waals surface area contributed by atoms with Crippen LogP contribution in [0.1, 0.15) is 60.6 Å². The number of nitrogens with zero attached hydrogens (tertiary/aromatic N) is 3. The summed E-state index contributed by atoms with van der Waals surface area (Å²) in [5.74, 6) is 0.0748. The first-order chi connectivity index (χ1) is 14.6. The van der Waals surface area contributed by atoms with Crippen molar-refractivity contribution in [3.05, 3.63) is 45.4 Å². The highest BCUT2D eigenvalue weighted by Crippen LogP contribution is 2.33. The van der Waals surface area contributed by atoms with Gasteiger partial charge in [-0.2, -0.15) is 0 Å². The smallest absolute Gasteiger partial charge is 0.257 e. The highest BCUT2D eigenvalue weighted by molar-refractivity contribution is 9.10. The zero-order chi connectivity index (χ0) is 20.9. The van der Waals surface area contributed by atoms with Crippen molar-refractivity contribution in [2.24, 2.45) is 0 Å². The number of carbonyl (C=O) groups is 2. The van der Waals surface area contributed by atoms with Crippen molar-refractivity contribution in [1.82, 2.24) is 14.8 Å². The van der Waals surface area contributed by atoms with E-state index in [9.17, 15) is 9.59 Å². The lowest BCUT2D eigenvalue weighted by Crippen LogP contribution is -2.40. The van der Waals surface area contributed by atoms with E-state index in [1.807, 2.05) is 22.4 Å². The lowest BCUT2D eigenvalue weighted by atomic mass is 10.1. The zero-order valence-electron chi connectivity index (χ0n) is 17.0. The van der Waals surface area contributed by atoms with Gasteiger partial charge in [0.25, 0.3) is 5.91 Å². The standard InChI is InChI=1S/C22H27BrN4O2S/c23-17-9-7-16(8-10-17)21(29)25-22-24-18(15-30-22)19-6-5-13-27(19)14-20(28)26-11-3-1-2-4-12-26/h7-10,15,19H,1-6,11-14H2,(H,24,25,29)/t19-/m0/s1. The number of aromatic nitrogens is 1. The lowest BCUT2D eigenvalue weighted by molar-refractivity contribution is -0.132. The second-order valence-electron chi connectivity index (χ2n) is 7.96. The number of nitrogens with one attached hydrogen (secondary N) is 1. The van der Waals surface area contributed by atoms with E-state index >= 15 is 0 Å². The third-order valence-corrected chi connectivity index (χ3v) is 7.16. The molecule has 4 rings (SSSR count). The Hall–Kier alpha value is -1.77. The molecule has 2 amide bonds. The van der Waals surface area contributed by atoms with E-state index in [0.29, 0.717) is 17.2 Å². The molecule has 3 heterocycles. The third-order valence-electron chi connectivity index (χ3n) is 5.85. The van der Waals surface area contributed by atoms with Crippen molar-refractivity contribution >= 4 is 44.2 Å². The Bertz CT molecular complexity index is 878. The first-order valence-electron chi connectivity index (χ1n) is 10.6. The molecule has 2 aromatic rings. The van der Waals surface area contributed by atoms with E-state index in [2.05, 4.69) is 31.1 Å². The van der Waals surface area contributed by atoms with E-state index in [1.54, 1.807) is 12.1 Å². The van der Waals surface area contributed by atoms with Crippen molar-refractivity contribution in [2.45, 2.75) is 44.6 Å². The van der Waals surface area contributed by atoms with Gasteiger partial charge in [0.2, 0.25) is 5.91 Å². The molecule has 0 saturated carbocycles. The van der Waals surface area contributed by atoms with Crippen LogP contribution in [0.5, 0.6) is 0 Å².